The first kappa shape index (κ1) is 16.9. The van der Waals surface area contributed by atoms with E-state index in [9.17, 15) is 14.4 Å². The highest BCUT2D eigenvalue weighted by Crippen LogP contribution is 2.24. The van der Waals surface area contributed by atoms with Gasteiger partial charge in [0.1, 0.15) is 5.76 Å². The molecule has 0 aromatic carbocycles. The first-order valence-electron chi connectivity index (χ1n) is 7.28. The minimum atomic E-state index is -0.546. The van der Waals surface area contributed by atoms with Gasteiger partial charge in [0.2, 0.25) is 11.7 Å². The van der Waals surface area contributed by atoms with Gasteiger partial charge in [-0.3, -0.25) is 14.4 Å². The SMILES string of the molecule is O=C(COC(=O)[C@H]1CC(=O)N(Cc2ccco2)C1)c1ccc(Br)s1. The van der Waals surface area contributed by atoms with E-state index in [0.29, 0.717) is 17.2 Å². The predicted octanol–water partition coefficient (Wildman–Crippen LogP) is 2.88. The summed E-state index contributed by atoms with van der Waals surface area (Å²) in [5.41, 5.74) is 0. The van der Waals surface area contributed by atoms with Gasteiger partial charge in [-0.15, -0.1) is 11.3 Å². The van der Waals surface area contributed by atoms with E-state index in [4.69, 9.17) is 9.15 Å². The largest absolute Gasteiger partial charge is 0.467 e. The summed E-state index contributed by atoms with van der Waals surface area (Å²) in [4.78, 5) is 38.1. The molecule has 24 heavy (non-hydrogen) atoms. The Labute approximate surface area is 150 Å². The number of nitrogens with zero attached hydrogens (tertiary/aromatic N) is 1. The molecule has 1 aliphatic rings. The minimum Gasteiger partial charge on any atom is -0.467 e. The number of ether oxygens (including phenoxy) is 1. The first-order valence-corrected chi connectivity index (χ1v) is 8.89. The summed E-state index contributed by atoms with van der Waals surface area (Å²) in [6.07, 6.45) is 1.63. The Hall–Kier alpha value is -1.93. The summed E-state index contributed by atoms with van der Waals surface area (Å²) < 4.78 is 11.1. The predicted molar refractivity (Wildman–Crippen MR) is 89.5 cm³/mol. The fourth-order valence-corrected chi connectivity index (χ4v) is 3.77. The van der Waals surface area contributed by atoms with E-state index < -0.39 is 11.9 Å². The highest BCUT2D eigenvalue weighted by atomic mass is 79.9. The van der Waals surface area contributed by atoms with Crippen molar-refractivity contribution >= 4 is 44.9 Å². The fraction of sp³-hybridized carbons (Fsp3) is 0.312. The number of halogens is 1. The minimum absolute atomic E-state index is 0.0955. The molecule has 126 valence electrons. The van der Waals surface area contributed by atoms with Crippen LogP contribution in [0.15, 0.2) is 38.7 Å². The molecular formula is C16H14BrNO5S. The van der Waals surface area contributed by atoms with Crippen LogP contribution >= 0.6 is 27.3 Å². The molecule has 1 amide bonds. The molecule has 3 heterocycles. The number of thiophene rings is 1. The van der Waals surface area contributed by atoms with Crippen molar-refractivity contribution in [3.63, 3.8) is 0 Å². The number of ketones is 1. The highest BCUT2D eigenvalue weighted by Gasteiger charge is 2.35. The van der Waals surface area contributed by atoms with Crippen molar-refractivity contribution in [2.75, 3.05) is 13.2 Å². The molecule has 1 aliphatic heterocycles. The quantitative estimate of drug-likeness (QED) is 0.539. The maximum absolute atomic E-state index is 12.1. The molecule has 0 bridgehead atoms. The molecule has 0 N–H and O–H groups in total. The van der Waals surface area contributed by atoms with Gasteiger partial charge in [0.15, 0.2) is 6.61 Å². The Morgan fingerprint density at radius 1 is 1.38 bits per heavy atom. The van der Waals surface area contributed by atoms with E-state index in [-0.39, 0.29) is 31.3 Å². The number of hydrogen-bond donors (Lipinski definition) is 0. The Bertz CT molecular complexity index is 754. The number of rotatable bonds is 6. The topological polar surface area (TPSA) is 76.8 Å². The molecule has 8 heteroatoms. The highest BCUT2D eigenvalue weighted by molar-refractivity contribution is 9.11. The van der Waals surface area contributed by atoms with Gasteiger partial charge >= 0.3 is 5.97 Å². The van der Waals surface area contributed by atoms with E-state index in [2.05, 4.69) is 15.9 Å². The second kappa shape index (κ2) is 7.31. The molecule has 2 aromatic heterocycles. The number of esters is 1. The summed E-state index contributed by atoms with van der Waals surface area (Å²) in [6.45, 7) is 0.295. The smallest absolute Gasteiger partial charge is 0.311 e. The number of hydrogen-bond acceptors (Lipinski definition) is 6. The number of Topliss-reactive ketones (excluding diaryl/α,β-unsaturated/α-hetero) is 1. The third-order valence-electron chi connectivity index (χ3n) is 3.67. The van der Waals surface area contributed by atoms with E-state index in [1.165, 1.54) is 17.6 Å². The van der Waals surface area contributed by atoms with Crippen LogP contribution in [0, 0.1) is 5.92 Å². The van der Waals surface area contributed by atoms with Crippen LogP contribution in [0.2, 0.25) is 0 Å². The Balaban J connectivity index is 1.50. The lowest BCUT2D eigenvalue weighted by Crippen LogP contribution is -2.26. The molecule has 1 fully saturated rings. The maximum Gasteiger partial charge on any atom is 0.311 e. The monoisotopic (exact) mass is 411 g/mol. The number of amides is 1. The second-order valence-electron chi connectivity index (χ2n) is 5.39. The van der Waals surface area contributed by atoms with E-state index in [1.54, 1.807) is 29.2 Å². The van der Waals surface area contributed by atoms with E-state index in [0.717, 1.165) is 3.79 Å². The zero-order valence-electron chi connectivity index (χ0n) is 12.6. The summed E-state index contributed by atoms with van der Waals surface area (Å²) in [6, 6.07) is 6.96. The van der Waals surface area contributed by atoms with Crippen LogP contribution < -0.4 is 0 Å². The molecular weight excluding hydrogens is 398 g/mol. The molecule has 1 saturated heterocycles. The average Bonchev–Trinajstić information content (AvgIpc) is 3.28. The van der Waals surface area contributed by atoms with Gasteiger partial charge in [-0.2, -0.15) is 0 Å². The van der Waals surface area contributed by atoms with Gasteiger partial charge in [0, 0.05) is 13.0 Å². The molecule has 3 rings (SSSR count). The number of carbonyl (C=O) groups is 3. The van der Waals surface area contributed by atoms with Crippen LogP contribution in [-0.2, 0) is 20.9 Å². The molecule has 0 unspecified atom stereocenters. The van der Waals surface area contributed by atoms with Gasteiger partial charge in [0.25, 0.3) is 0 Å². The van der Waals surface area contributed by atoms with Crippen molar-refractivity contribution in [2.24, 2.45) is 5.92 Å². The molecule has 2 aromatic rings. The van der Waals surface area contributed by atoms with E-state index in [1.807, 2.05) is 0 Å². The summed E-state index contributed by atoms with van der Waals surface area (Å²) in [5.74, 6) is -0.780. The number of likely N-dealkylation sites (tertiary alicyclic amines) is 1. The van der Waals surface area contributed by atoms with Crippen LogP contribution in [0.4, 0.5) is 0 Å². The normalized spacial score (nSPS) is 17.3. The number of carbonyl (C=O) groups excluding carboxylic acids is 3. The third kappa shape index (κ3) is 3.93. The third-order valence-corrected chi connectivity index (χ3v) is 5.33. The van der Waals surface area contributed by atoms with Gasteiger partial charge in [-0.25, -0.2) is 0 Å². The average molecular weight is 412 g/mol. The molecule has 6 nitrogen and oxygen atoms in total. The first-order chi connectivity index (χ1) is 11.5. The van der Waals surface area contributed by atoms with E-state index >= 15 is 0 Å². The zero-order valence-corrected chi connectivity index (χ0v) is 15.0. The van der Waals surface area contributed by atoms with Gasteiger partial charge < -0.3 is 14.1 Å². The second-order valence-corrected chi connectivity index (χ2v) is 7.85. The van der Waals surface area contributed by atoms with Crippen molar-refractivity contribution in [3.05, 3.63) is 45.0 Å². The lowest BCUT2D eigenvalue weighted by molar-refractivity contribution is -0.147. The zero-order chi connectivity index (χ0) is 17.1. The van der Waals surface area contributed by atoms with Crippen LogP contribution in [-0.4, -0.2) is 35.7 Å². The molecule has 0 aliphatic carbocycles. The van der Waals surface area contributed by atoms with Crippen molar-refractivity contribution in [1.82, 2.24) is 4.90 Å². The van der Waals surface area contributed by atoms with Crippen molar-refractivity contribution in [3.8, 4) is 0 Å². The molecule has 0 saturated carbocycles. The van der Waals surface area contributed by atoms with Crippen LogP contribution in [0.25, 0.3) is 0 Å². The number of furan rings is 1. The van der Waals surface area contributed by atoms with Crippen molar-refractivity contribution in [2.45, 2.75) is 13.0 Å². The molecule has 0 spiro atoms. The lowest BCUT2D eigenvalue weighted by atomic mass is 10.1. The molecule has 0 radical (unpaired) electrons. The van der Waals surface area contributed by atoms with Crippen molar-refractivity contribution in [1.29, 1.82) is 0 Å². The Morgan fingerprint density at radius 2 is 2.21 bits per heavy atom. The van der Waals surface area contributed by atoms with Gasteiger partial charge in [-0.05, 0) is 40.2 Å². The van der Waals surface area contributed by atoms with Gasteiger partial charge in [0.05, 0.1) is 27.4 Å². The van der Waals surface area contributed by atoms with Crippen molar-refractivity contribution < 1.29 is 23.5 Å². The fourth-order valence-electron chi connectivity index (χ4n) is 2.46. The summed E-state index contributed by atoms with van der Waals surface area (Å²) in [5, 5.41) is 0. The Morgan fingerprint density at radius 3 is 2.88 bits per heavy atom. The summed E-state index contributed by atoms with van der Waals surface area (Å²) >= 11 is 4.57. The molecule has 1 atom stereocenters. The summed E-state index contributed by atoms with van der Waals surface area (Å²) in [7, 11) is 0. The maximum atomic E-state index is 12.1. The standard InChI is InChI=1S/C16H14BrNO5S/c17-14-4-3-13(24-14)12(19)9-23-16(21)10-6-15(20)18(7-10)8-11-2-1-5-22-11/h1-5,10H,6-9H2/t10-/m0/s1. The lowest BCUT2D eigenvalue weighted by Gasteiger charge is -2.14. The van der Waals surface area contributed by atoms with Crippen LogP contribution in [0.1, 0.15) is 21.9 Å². The van der Waals surface area contributed by atoms with Crippen LogP contribution in [0.5, 0.6) is 0 Å². The Kier molecular flexibility index (Phi) is 5.15. The van der Waals surface area contributed by atoms with Crippen LogP contribution in [0.3, 0.4) is 0 Å². The van der Waals surface area contributed by atoms with Gasteiger partial charge in [-0.1, -0.05) is 0 Å².